The first-order chi connectivity index (χ1) is 11.1. The summed E-state index contributed by atoms with van der Waals surface area (Å²) in [6, 6.07) is 1.86. The van der Waals surface area contributed by atoms with Gasteiger partial charge in [0.1, 0.15) is 18.2 Å². The highest BCUT2D eigenvalue weighted by atomic mass is 32.2. The highest BCUT2D eigenvalue weighted by molar-refractivity contribution is 7.98. The molecule has 0 saturated heterocycles. The number of aromatic nitrogens is 5. The highest BCUT2D eigenvalue weighted by Crippen LogP contribution is 2.27. The van der Waals surface area contributed by atoms with E-state index >= 15 is 0 Å². The molecule has 0 spiro atoms. The van der Waals surface area contributed by atoms with E-state index in [0.717, 1.165) is 22.3 Å². The maximum absolute atomic E-state index is 10.7. The normalized spacial score (nSPS) is 11.0. The minimum absolute atomic E-state index is 0.0303. The first kappa shape index (κ1) is 15.3. The minimum Gasteiger partial charge on any atom is -0.469 e. The summed E-state index contributed by atoms with van der Waals surface area (Å²) >= 11 is 1.41. The molecule has 9 nitrogen and oxygen atoms in total. The monoisotopic (exact) mass is 334 g/mol. The lowest BCUT2D eigenvalue weighted by Gasteiger charge is -2.06. The van der Waals surface area contributed by atoms with E-state index in [1.807, 2.05) is 24.5 Å². The van der Waals surface area contributed by atoms with Gasteiger partial charge in [0.25, 0.3) is 0 Å². The second kappa shape index (κ2) is 6.24. The molecule has 3 rings (SSSR count). The zero-order valence-electron chi connectivity index (χ0n) is 12.5. The van der Waals surface area contributed by atoms with Crippen LogP contribution in [0.1, 0.15) is 12.7 Å². The van der Waals surface area contributed by atoms with Gasteiger partial charge in [0.2, 0.25) is 0 Å². The van der Waals surface area contributed by atoms with Crippen LogP contribution in [0.3, 0.4) is 0 Å². The average Bonchev–Trinajstić information content (AvgIpc) is 3.23. The molecule has 10 heteroatoms. The number of hydrogen-bond donors (Lipinski definition) is 0. The van der Waals surface area contributed by atoms with E-state index in [4.69, 9.17) is 4.42 Å². The number of furan rings is 1. The van der Waals surface area contributed by atoms with Crippen LogP contribution >= 0.6 is 11.8 Å². The molecule has 3 aromatic heterocycles. The number of hydrogen-bond acceptors (Lipinski definition) is 7. The van der Waals surface area contributed by atoms with Gasteiger partial charge >= 0.3 is 5.69 Å². The number of aryl methyl sites for hydroxylation is 1. The molecule has 0 bridgehead atoms. The van der Waals surface area contributed by atoms with E-state index < -0.39 is 4.92 Å². The van der Waals surface area contributed by atoms with Crippen LogP contribution in [0.5, 0.6) is 0 Å². The second-order valence-corrected chi connectivity index (χ2v) is 5.62. The number of nitro groups is 1. The van der Waals surface area contributed by atoms with Crippen molar-refractivity contribution in [1.29, 1.82) is 0 Å². The Labute approximate surface area is 135 Å². The maximum Gasteiger partial charge on any atom is 0.307 e. The van der Waals surface area contributed by atoms with Crippen molar-refractivity contribution in [1.82, 2.24) is 24.5 Å². The quantitative estimate of drug-likeness (QED) is 0.387. The van der Waals surface area contributed by atoms with Crippen LogP contribution in [0.4, 0.5) is 5.69 Å². The van der Waals surface area contributed by atoms with E-state index in [9.17, 15) is 10.1 Å². The molecule has 0 atom stereocenters. The Morgan fingerprint density at radius 3 is 2.87 bits per heavy atom. The molecule has 0 unspecified atom stereocenters. The van der Waals surface area contributed by atoms with Gasteiger partial charge in [-0.2, -0.15) is 5.10 Å². The van der Waals surface area contributed by atoms with Crippen LogP contribution < -0.4 is 0 Å². The van der Waals surface area contributed by atoms with Crippen molar-refractivity contribution in [2.75, 3.05) is 0 Å². The highest BCUT2D eigenvalue weighted by Gasteiger charge is 2.17. The molecule has 120 valence electrons. The number of nitrogens with zero attached hydrogens (tertiary/aromatic N) is 6. The zero-order chi connectivity index (χ0) is 16.4. The number of thioether (sulfide) groups is 1. The van der Waals surface area contributed by atoms with Gasteiger partial charge in [0.05, 0.1) is 22.6 Å². The molecular weight excluding hydrogens is 320 g/mol. The molecular formula is C13H14N6O3S. The van der Waals surface area contributed by atoms with Crippen LogP contribution in [0, 0.1) is 17.0 Å². The third-order valence-electron chi connectivity index (χ3n) is 3.29. The Balaban J connectivity index is 1.79. The standard InChI is InChI=1S/C13H14N6O3S/c1-3-18-12(11-4-5-22-9(11)2)15-16-13(18)23-8-17-7-10(6-14-17)19(20)21/h4-7H,3,8H2,1-2H3. The Morgan fingerprint density at radius 2 is 2.26 bits per heavy atom. The second-order valence-electron chi connectivity index (χ2n) is 4.71. The van der Waals surface area contributed by atoms with Gasteiger partial charge in [0.15, 0.2) is 11.0 Å². The summed E-state index contributed by atoms with van der Waals surface area (Å²) in [6.45, 7) is 4.58. The minimum atomic E-state index is -0.470. The summed E-state index contributed by atoms with van der Waals surface area (Å²) in [5.74, 6) is 1.94. The largest absolute Gasteiger partial charge is 0.469 e. The molecule has 23 heavy (non-hydrogen) atoms. The van der Waals surface area contributed by atoms with Gasteiger partial charge in [-0.05, 0) is 19.9 Å². The molecule has 0 amide bonds. The average molecular weight is 334 g/mol. The van der Waals surface area contributed by atoms with Gasteiger partial charge in [0, 0.05) is 6.54 Å². The van der Waals surface area contributed by atoms with Gasteiger partial charge in [-0.15, -0.1) is 10.2 Å². The lowest BCUT2D eigenvalue weighted by atomic mass is 10.2. The molecule has 0 aromatic carbocycles. The van der Waals surface area contributed by atoms with Crippen LogP contribution in [0.15, 0.2) is 34.3 Å². The molecule has 3 heterocycles. The van der Waals surface area contributed by atoms with Crippen LogP contribution in [0.25, 0.3) is 11.4 Å². The lowest BCUT2D eigenvalue weighted by Crippen LogP contribution is -2.01. The van der Waals surface area contributed by atoms with Gasteiger partial charge in [-0.3, -0.25) is 14.8 Å². The van der Waals surface area contributed by atoms with Crippen molar-refractivity contribution in [2.24, 2.45) is 0 Å². The van der Waals surface area contributed by atoms with E-state index in [-0.39, 0.29) is 5.69 Å². The van der Waals surface area contributed by atoms with Gasteiger partial charge in [-0.25, -0.2) is 0 Å². The predicted molar refractivity (Wildman–Crippen MR) is 82.9 cm³/mol. The Kier molecular flexibility index (Phi) is 4.15. The topological polar surface area (TPSA) is 105 Å². The molecule has 0 N–H and O–H groups in total. The summed E-state index contributed by atoms with van der Waals surface area (Å²) in [6.07, 6.45) is 4.24. The third-order valence-corrected chi connectivity index (χ3v) is 4.24. The van der Waals surface area contributed by atoms with Crippen molar-refractivity contribution in [3.8, 4) is 11.4 Å². The van der Waals surface area contributed by atoms with E-state index in [1.54, 1.807) is 6.26 Å². The van der Waals surface area contributed by atoms with Crippen LogP contribution in [0.2, 0.25) is 0 Å². The molecule has 3 aromatic rings. The Morgan fingerprint density at radius 1 is 1.43 bits per heavy atom. The molecule has 0 aliphatic rings. The molecule has 0 aliphatic carbocycles. The summed E-state index contributed by atoms with van der Waals surface area (Å²) in [7, 11) is 0. The molecule has 0 saturated carbocycles. The van der Waals surface area contributed by atoms with Crippen molar-refractivity contribution in [2.45, 2.75) is 31.4 Å². The Bertz CT molecular complexity index is 837. The fourth-order valence-electron chi connectivity index (χ4n) is 2.14. The van der Waals surface area contributed by atoms with Crippen LogP contribution in [-0.4, -0.2) is 29.5 Å². The van der Waals surface area contributed by atoms with E-state index in [2.05, 4.69) is 15.3 Å². The lowest BCUT2D eigenvalue weighted by molar-refractivity contribution is -0.385. The fraction of sp³-hybridized carbons (Fsp3) is 0.308. The van der Waals surface area contributed by atoms with Crippen molar-refractivity contribution >= 4 is 17.4 Å². The molecule has 0 fully saturated rings. The molecule has 0 aliphatic heterocycles. The van der Waals surface area contributed by atoms with Crippen LogP contribution in [-0.2, 0) is 12.4 Å². The first-order valence-electron chi connectivity index (χ1n) is 6.87. The summed E-state index contributed by atoms with van der Waals surface area (Å²) in [5, 5.41) is 23.8. The Hall–Kier alpha value is -2.62. The summed E-state index contributed by atoms with van der Waals surface area (Å²) in [4.78, 5) is 10.2. The van der Waals surface area contributed by atoms with Gasteiger partial charge in [-0.1, -0.05) is 11.8 Å². The maximum atomic E-state index is 10.7. The zero-order valence-corrected chi connectivity index (χ0v) is 13.4. The summed E-state index contributed by atoms with van der Waals surface area (Å²) < 4.78 is 8.79. The summed E-state index contributed by atoms with van der Waals surface area (Å²) in [5.41, 5.74) is 0.873. The van der Waals surface area contributed by atoms with Crippen molar-refractivity contribution in [3.05, 3.63) is 40.6 Å². The van der Waals surface area contributed by atoms with Crippen molar-refractivity contribution < 1.29 is 9.34 Å². The SMILES string of the molecule is CCn1c(SCn2cc([N+](=O)[O-])cn2)nnc1-c1ccoc1C. The van der Waals surface area contributed by atoms with Gasteiger partial charge < -0.3 is 8.98 Å². The predicted octanol–water partition coefficient (Wildman–Crippen LogP) is 2.72. The van der Waals surface area contributed by atoms with Crippen molar-refractivity contribution in [3.63, 3.8) is 0 Å². The molecule has 0 radical (unpaired) electrons. The first-order valence-corrected chi connectivity index (χ1v) is 7.86. The fourth-order valence-corrected chi connectivity index (χ4v) is 3.00. The smallest absolute Gasteiger partial charge is 0.307 e. The van der Waals surface area contributed by atoms with E-state index in [0.29, 0.717) is 12.4 Å². The number of rotatable bonds is 6. The third kappa shape index (κ3) is 2.97. The van der Waals surface area contributed by atoms with E-state index in [1.165, 1.54) is 28.8 Å².